The van der Waals surface area contributed by atoms with Crippen LogP contribution < -0.4 is 16.2 Å². The van der Waals surface area contributed by atoms with E-state index in [1.54, 1.807) is 7.11 Å². The molecule has 0 amide bonds. The van der Waals surface area contributed by atoms with Gasteiger partial charge in [0.05, 0.1) is 24.2 Å². The molecule has 1 aromatic heterocycles. The summed E-state index contributed by atoms with van der Waals surface area (Å²) < 4.78 is 5.13. The number of ether oxygens (including phenoxy) is 1. The number of imidazole rings is 1. The lowest BCUT2D eigenvalue weighted by atomic mass is 9.99. The molecule has 0 aliphatic heterocycles. The highest BCUT2D eigenvalue weighted by Crippen LogP contribution is 2.23. The highest BCUT2D eigenvalue weighted by atomic mass is 16.5. The van der Waals surface area contributed by atoms with Crippen LogP contribution in [0.5, 0.6) is 5.75 Å². The summed E-state index contributed by atoms with van der Waals surface area (Å²) in [5.41, 5.74) is 9.52. The predicted molar refractivity (Wildman–Crippen MR) is 77.9 cm³/mol. The molecule has 5 nitrogen and oxygen atoms in total. The van der Waals surface area contributed by atoms with Crippen molar-refractivity contribution in [3.63, 3.8) is 0 Å². The molecule has 5 heteroatoms. The third-order valence-electron chi connectivity index (χ3n) is 3.37. The van der Waals surface area contributed by atoms with Gasteiger partial charge in [-0.3, -0.25) is 0 Å². The Balaban J connectivity index is 1.97. The highest BCUT2D eigenvalue weighted by molar-refractivity contribution is 5.75. The fourth-order valence-electron chi connectivity index (χ4n) is 2.25. The molecule has 4 N–H and O–H groups in total. The Hall–Kier alpha value is -2.53. The van der Waals surface area contributed by atoms with Crippen molar-refractivity contribution in [3.05, 3.63) is 64.1 Å². The van der Waals surface area contributed by atoms with Crippen molar-refractivity contribution in [1.82, 2.24) is 9.97 Å². The van der Waals surface area contributed by atoms with Gasteiger partial charge < -0.3 is 20.4 Å². The van der Waals surface area contributed by atoms with Crippen molar-refractivity contribution in [2.45, 2.75) is 6.04 Å². The van der Waals surface area contributed by atoms with Crippen LogP contribution in [0.3, 0.4) is 0 Å². The zero-order valence-corrected chi connectivity index (χ0v) is 11.0. The van der Waals surface area contributed by atoms with Crippen molar-refractivity contribution >= 4 is 11.0 Å². The first-order chi connectivity index (χ1) is 9.67. The molecule has 0 radical (unpaired) electrons. The Bertz CT molecular complexity index is 787. The fourth-order valence-corrected chi connectivity index (χ4v) is 2.25. The fraction of sp³-hybridized carbons (Fsp3) is 0.133. The molecular formula is C15H15N3O2. The molecule has 0 saturated carbocycles. The summed E-state index contributed by atoms with van der Waals surface area (Å²) >= 11 is 0. The molecule has 1 unspecified atom stereocenters. The summed E-state index contributed by atoms with van der Waals surface area (Å²) in [6, 6.07) is 13.1. The van der Waals surface area contributed by atoms with Gasteiger partial charge in [-0.1, -0.05) is 18.2 Å². The van der Waals surface area contributed by atoms with Crippen LogP contribution in [0.15, 0.2) is 47.3 Å². The van der Waals surface area contributed by atoms with Crippen LogP contribution in [-0.2, 0) is 0 Å². The van der Waals surface area contributed by atoms with E-state index in [1.165, 1.54) is 0 Å². The van der Waals surface area contributed by atoms with Crippen LogP contribution in [0.4, 0.5) is 0 Å². The lowest BCUT2D eigenvalue weighted by Crippen LogP contribution is -2.11. The number of benzene rings is 2. The van der Waals surface area contributed by atoms with Crippen LogP contribution in [0.25, 0.3) is 11.0 Å². The minimum Gasteiger partial charge on any atom is -0.497 e. The lowest BCUT2D eigenvalue weighted by molar-refractivity contribution is 0.414. The monoisotopic (exact) mass is 269 g/mol. The van der Waals surface area contributed by atoms with Gasteiger partial charge in [0, 0.05) is 0 Å². The van der Waals surface area contributed by atoms with Crippen molar-refractivity contribution in [2.24, 2.45) is 5.73 Å². The second-order valence-corrected chi connectivity index (χ2v) is 4.63. The summed E-state index contributed by atoms with van der Waals surface area (Å²) in [6.07, 6.45) is 0. The van der Waals surface area contributed by atoms with Gasteiger partial charge in [0.25, 0.3) is 0 Å². The Morgan fingerprint density at radius 3 is 2.35 bits per heavy atom. The van der Waals surface area contributed by atoms with E-state index in [1.807, 2.05) is 42.5 Å². The number of methoxy groups -OCH3 is 1. The maximum absolute atomic E-state index is 11.3. The number of hydrogen-bond acceptors (Lipinski definition) is 3. The Kier molecular flexibility index (Phi) is 3.04. The standard InChI is InChI=1S/C15H15N3O2/c1-20-11-5-2-9(3-6-11)14(16)10-4-7-12-13(8-10)18-15(19)17-12/h2-8,14H,16H2,1H3,(H2,17,18,19). The SMILES string of the molecule is COc1ccc(C(N)c2ccc3[nH]c(=O)[nH]c3c2)cc1. The topological polar surface area (TPSA) is 83.9 Å². The van der Waals surface area contributed by atoms with Crippen LogP contribution in [0, 0.1) is 0 Å². The van der Waals surface area contributed by atoms with E-state index in [0.717, 1.165) is 27.9 Å². The molecule has 0 aliphatic rings. The van der Waals surface area contributed by atoms with E-state index in [9.17, 15) is 4.79 Å². The molecule has 0 spiro atoms. The molecule has 0 bridgehead atoms. The molecule has 3 aromatic rings. The average molecular weight is 269 g/mol. The van der Waals surface area contributed by atoms with E-state index in [2.05, 4.69) is 9.97 Å². The predicted octanol–water partition coefficient (Wildman–Crippen LogP) is 1.91. The van der Waals surface area contributed by atoms with Crippen LogP contribution in [0.2, 0.25) is 0 Å². The zero-order valence-electron chi connectivity index (χ0n) is 11.0. The number of nitrogens with one attached hydrogen (secondary N) is 2. The van der Waals surface area contributed by atoms with Crippen molar-refractivity contribution < 1.29 is 4.74 Å². The molecule has 0 aliphatic carbocycles. The number of H-pyrrole nitrogens is 2. The van der Waals surface area contributed by atoms with E-state index in [-0.39, 0.29) is 11.7 Å². The van der Waals surface area contributed by atoms with Crippen LogP contribution in [-0.4, -0.2) is 17.1 Å². The molecular weight excluding hydrogens is 254 g/mol. The second kappa shape index (κ2) is 4.86. The minimum atomic E-state index is -0.247. The van der Waals surface area contributed by atoms with Gasteiger partial charge in [-0.25, -0.2) is 4.79 Å². The molecule has 102 valence electrons. The van der Waals surface area contributed by atoms with E-state index < -0.39 is 0 Å². The quantitative estimate of drug-likeness (QED) is 0.679. The van der Waals surface area contributed by atoms with Gasteiger partial charge in [-0.15, -0.1) is 0 Å². The number of nitrogens with two attached hydrogens (primary N) is 1. The maximum Gasteiger partial charge on any atom is 0.323 e. The molecule has 3 rings (SSSR count). The smallest absolute Gasteiger partial charge is 0.323 e. The maximum atomic E-state index is 11.3. The van der Waals surface area contributed by atoms with Crippen molar-refractivity contribution in [3.8, 4) is 5.75 Å². The Morgan fingerprint density at radius 2 is 1.65 bits per heavy atom. The third kappa shape index (κ3) is 2.19. The van der Waals surface area contributed by atoms with Gasteiger partial charge in [0.15, 0.2) is 0 Å². The first-order valence-electron chi connectivity index (χ1n) is 6.29. The van der Waals surface area contributed by atoms with Crippen molar-refractivity contribution in [1.29, 1.82) is 0 Å². The Morgan fingerprint density at radius 1 is 1.00 bits per heavy atom. The van der Waals surface area contributed by atoms with Crippen molar-refractivity contribution in [2.75, 3.05) is 7.11 Å². The summed E-state index contributed by atoms with van der Waals surface area (Å²) in [5, 5.41) is 0. The number of rotatable bonds is 3. The summed E-state index contributed by atoms with van der Waals surface area (Å²) in [4.78, 5) is 16.7. The van der Waals surface area contributed by atoms with Gasteiger partial charge in [-0.2, -0.15) is 0 Å². The second-order valence-electron chi connectivity index (χ2n) is 4.63. The van der Waals surface area contributed by atoms with Crippen LogP contribution in [0.1, 0.15) is 17.2 Å². The molecule has 1 heterocycles. The zero-order chi connectivity index (χ0) is 14.1. The number of hydrogen-bond donors (Lipinski definition) is 3. The molecule has 0 saturated heterocycles. The summed E-state index contributed by atoms with van der Waals surface area (Å²) in [6.45, 7) is 0. The first-order valence-corrected chi connectivity index (χ1v) is 6.29. The van der Waals surface area contributed by atoms with Gasteiger partial charge in [0.2, 0.25) is 0 Å². The third-order valence-corrected chi connectivity index (χ3v) is 3.37. The molecule has 20 heavy (non-hydrogen) atoms. The number of aromatic nitrogens is 2. The molecule has 1 atom stereocenters. The lowest BCUT2D eigenvalue weighted by Gasteiger charge is -2.13. The van der Waals surface area contributed by atoms with Crippen LogP contribution >= 0.6 is 0 Å². The highest BCUT2D eigenvalue weighted by Gasteiger charge is 2.10. The average Bonchev–Trinajstić information content (AvgIpc) is 2.85. The molecule has 0 fully saturated rings. The molecule has 2 aromatic carbocycles. The van der Waals surface area contributed by atoms with Gasteiger partial charge in [-0.05, 0) is 35.4 Å². The number of aromatic amines is 2. The van der Waals surface area contributed by atoms with E-state index >= 15 is 0 Å². The number of fused-ring (bicyclic) bond motifs is 1. The first kappa shape index (κ1) is 12.5. The summed E-state index contributed by atoms with van der Waals surface area (Å²) in [5.74, 6) is 0.798. The minimum absolute atomic E-state index is 0.213. The van der Waals surface area contributed by atoms with E-state index in [4.69, 9.17) is 10.5 Å². The largest absolute Gasteiger partial charge is 0.497 e. The van der Waals surface area contributed by atoms with E-state index in [0.29, 0.717) is 0 Å². The summed E-state index contributed by atoms with van der Waals surface area (Å²) in [7, 11) is 1.63. The normalized spacial score (nSPS) is 12.5. The van der Waals surface area contributed by atoms with Gasteiger partial charge >= 0.3 is 5.69 Å². The Labute approximate surface area is 115 Å². The van der Waals surface area contributed by atoms with Gasteiger partial charge in [0.1, 0.15) is 5.75 Å².